The number of rotatable bonds is 8. The number of hydrogen-bond donors (Lipinski definition) is 5. The van der Waals surface area contributed by atoms with Gasteiger partial charge in [-0.15, -0.1) is 0 Å². The zero-order valence-corrected chi connectivity index (χ0v) is 27.4. The number of carbonyl (C=O) groups excluding carboxylic acids is 2. The summed E-state index contributed by atoms with van der Waals surface area (Å²) in [7, 11) is -5.48. The number of urea groups is 2. The number of aryl methyl sites for hydroxylation is 1. The summed E-state index contributed by atoms with van der Waals surface area (Å²) >= 11 is 11.6. The minimum Gasteiger partial charge on any atom is -0.480 e. The lowest BCUT2D eigenvalue weighted by Crippen LogP contribution is -2.54. The number of amidine groups is 1. The van der Waals surface area contributed by atoms with Gasteiger partial charge in [0, 0.05) is 0 Å². The Labute approximate surface area is 273 Å². The molecule has 4 amide bonds. The molecule has 0 fully saturated rings. The van der Waals surface area contributed by atoms with Crippen molar-refractivity contribution in [2.24, 2.45) is 4.99 Å². The first-order chi connectivity index (χ1) is 21.6. The molecule has 1 aliphatic heterocycles. The molecule has 0 saturated carbocycles. The maximum atomic E-state index is 12.1. The fourth-order valence-electron chi connectivity index (χ4n) is 3.24. The Balaban J connectivity index is 0.000000250. The normalized spacial score (nSPS) is 12.6. The van der Waals surface area contributed by atoms with Crippen LogP contribution in [0.5, 0.6) is 6.01 Å². The number of benzene rings is 2. The van der Waals surface area contributed by atoms with Crippen LogP contribution in [-0.2, 0) is 24.8 Å². The predicted octanol–water partition coefficient (Wildman–Crippen LogP) is 2.28. The van der Waals surface area contributed by atoms with Crippen molar-refractivity contribution in [3.05, 3.63) is 76.5 Å². The van der Waals surface area contributed by atoms with Crippen molar-refractivity contribution in [3.63, 3.8) is 0 Å². The molecular formula is C24H26Cl2N10O8S2. The number of nitrogens with one attached hydrogen (secondary N) is 5. The van der Waals surface area contributed by atoms with E-state index in [0.717, 1.165) is 5.12 Å². The number of ether oxygens (including phenoxy) is 2. The second-order valence-corrected chi connectivity index (χ2v) is 12.6. The zero-order valence-electron chi connectivity index (χ0n) is 24.3. The van der Waals surface area contributed by atoms with Crippen LogP contribution in [0.15, 0.2) is 75.4 Å². The molecule has 18 nitrogen and oxygen atoms in total. The van der Waals surface area contributed by atoms with Crippen LogP contribution in [0.4, 0.5) is 15.5 Å². The smallest absolute Gasteiger partial charge is 0.349 e. The number of hydrazine groups is 2. The molecule has 3 aromatic rings. The van der Waals surface area contributed by atoms with Crippen LogP contribution in [0.2, 0.25) is 10.0 Å². The molecule has 1 aromatic heterocycles. The minimum atomic E-state index is -4.13. The van der Waals surface area contributed by atoms with Crippen molar-refractivity contribution in [2.75, 3.05) is 19.5 Å². The van der Waals surface area contributed by atoms with Gasteiger partial charge in [-0.2, -0.15) is 25.1 Å². The Bertz CT molecular complexity index is 1890. The number of aromatic nitrogens is 3. The molecule has 1 aliphatic rings. The maximum Gasteiger partial charge on any atom is 0.349 e. The molecule has 4 rings (SSSR count). The van der Waals surface area contributed by atoms with E-state index in [2.05, 4.69) is 36.1 Å². The molecule has 2 aromatic carbocycles. The molecule has 0 unspecified atom stereocenters. The largest absolute Gasteiger partial charge is 0.480 e. The van der Waals surface area contributed by atoms with E-state index in [1.807, 2.05) is 9.44 Å². The zero-order chi connectivity index (χ0) is 34.1. The van der Waals surface area contributed by atoms with Gasteiger partial charge in [-0.1, -0.05) is 47.5 Å². The van der Waals surface area contributed by atoms with Crippen molar-refractivity contribution in [2.45, 2.75) is 23.6 Å². The van der Waals surface area contributed by atoms with Crippen LogP contribution in [0, 0.1) is 6.92 Å². The van der Waals surface area contributed by atoms with Gasteiger partial charge in [0.1, 0.15) is 27.7 Å². The highest BCUT2D eigenvalue weighted by Gasteiger charge is 2.23. The molecule has 22 heteroatoms. The standard InChI is InChI=1S/C12H14ClN5O4S.C12H12ClN5O4S/c1-8-14-11(22-2)7-18(15-8)16-12(19)17-23(20,21)10-6-4-3-5-9(10)13;1-7-14-10(17-12(15-7)22-2)16-11(19)18-23(20,21)9-6-4-3-5-8(9)13/h3-7H,1-2H3,(H,14,15)(H2,16,17,19);3-6H,1-2H3,(H2,14,15,16,17,18,19). The van der Waals surface area contributed by atoms with Gasteiger partial charge in [-0.05, 0) is 38.1 Å². The number of methoxy groups -OCH3 is 2. The first-order valence-corrected chi connectivity index (χ1v) is 16.2. The second kappa shape index (κ2) is 15.4. The first kappa shape index (κ1) is 35.6. The van der Waals surface area contributed by atoms with Gasteiger partial charge >= 0.3 is 18.1 Å². The van der Waals surface area contributed by atoms with Crippen LogP contribution < -0.4 is 30.3 Å². The molecule has 46 heavy (non-hydrogen) atoms. The number of amides is 4. The van der Waals surface area contributed by atoms with Gasteiger partial charge in [0.15, 0.2) is 0 Å². The Kier molecular flexibility index (Phi) is 11.9. The number of nitrogens with zero attached hydrogens (tertiary/aromatic N) is 5. The third-order valence-corrected chi connectivity index (χ3v) is 8.73. The van der Waals surface area contributed by atoms with Crippen LogP contribution in [0.25, 0.3) is 0 Å². The summed E-state index contributed by atoms with van der Waals surface area (Å²) < 4.78 is 61.9. The molecule has 0 atom stereocenters. The summed E-state index contributed by atoms with van der Waals surface area (Å²) in [4.78, 5) is 38.7. The number of anilines is 1. The van der Waals surface area contributed by atoms with Gasteiger partial charge in [-0.3, -0.25) is 10.7 Å². The van der Waals surface area contributed by atoms with Crippen molar-refractivity contribution < 1.29 is 35.9 Å². The van der Waals surface area contributed by atoms with Crippen LogP contribution in [0.3, 0.4) is 0 Å². The molecule has 246 valence electrons. The average Bonchev–Trinajstić information content (AvgIpc) is 2.96. The quantitative estimate of drug-likeness (QED) is 0.225. The lowest BCUT2D eigenvalue weighted by atomic mass is 10.4. The summed E-state index contributed by atoms with van der Waals surface area (Å²) in [5.74, 6) is 0.816. The predicted molar refractivity (Wildman–Crippen MR) is 165 cm³/mol. The third-order valence-electron chi connectivity index (χ3n) is 5.07. The number of hydrogen-bond acceptors (Lipinski definition) is 14. The molecule has 0 bridgehead atoms. The highest BCUT2D eigenvalue weighted by molar-refractivity contribution is 7.90. The van der Waals surface area contributed by atoms with Gasteiger partial charge in [0.25, 0.3) is 20.0 Å². The van der Waals surface area contributed by atoms with Crippen LogP contribution in [-0.4, -0.2) is 69.0 Å². The van der Waals surface area contributed by atoms with E-state index in [-0.39, 0.29) is 37.7 Å². The molecule has 0 aliphatic carbocycles. The maximum absolute atomic E-state index is 12.1. The topological polar surface area (TPSA) is 235 Å². The van der Waals surface area contributed by atoms with E-state index in [4.69, 9.17) is 32.7 Å². The van der Waals surface area contributed by atoms with Gasteiger partial charge in [-0.25, -0.2) is 41.3 Å². The number of sulfonamides is 2. The van der Waals surface area contributed by atoms with Crippen LogP contribution >= 0.6 is 23.2 Å². The average molecular weight is 718 g/mol. The fourth-order valence-corrected chi connectivity index (χ4v) is 6.09. The molecule has 0 radical (unpaired) electrons. The van der Waals surface area contributed by atoms with E-state index in [0.29, 0.717) is 11.7 Å². The van der Waals surface area contributed by atoms with Crippen LogP contribution in [0.1, 0.15) is 12.7 Å². The fraction of sp³-hybridized carbons (Fsp3) is 0.167. The Morgan fingerprint density at radius 1 is 0.804 bits per heavy atom. The summed E-state index contributed by atoms with van der Waals surface area (Å²) in [6.45, 7) is 3.20. The SMILES string of the molecule is COC1=CN(NC(=O)NS(=O)(=O)c2ccccc2Cl)NC(C)=N1.COc1nc(C)nc(NC(=O)NS(=O)(=O)c2ccccc2Cl)n1. The van der Waals surface area contributed by atoms with E-state index in [1.54, 1.807) is 26.0 Å². The summed E-state index contributed by atoms with van der Waals surface area (Å²) in [5, 5.41) is 3.30. The van der Waals surface area contributed by atoms with Crippen molar-refractivity contribution in [3.8, 4) is 6.01 Å². The van der Waals surface area contributed by atoms with E-state index >= 15 is 0 Å². The minimum absolute atomic E-state index is 0.00782. The molecule has 0 spiro atoms. The van der Waals surface area contributed by atoms with Gasteiger partial charge in [0.05, 0.1) is 24.3 Å². The van der Waals surface area contributed by atoms with Crippen molar-refractivity contribution >= 4 is 67.1 Å². The molecular weight excluding hydrogens is 691 g/mol. The highest BCUT2D eigenvalue weighted by atomic mass is 35.5. The van der Waals surface area contributed by atoms with Crippen molar-refractivity contribution in [1.29, 1.82) is 0 Å². The lowest BCUT2D eigenvalue weighted by Gasteiger charge is -2.25. The summed E-state index contributed by atoms with van der Waals surface area (Å²) in [5.41, 5.74) is 4.95. The lowest BCUT2D eigenvalue weighted by molar-refractivity contribution is 0.186. The first-order valence-electron chi connectivity index (χ1n) is 12.4. The molecule has 2 heterocycles. The third kappa shape index (κ3) is 10.1. The molecule has 5 N–H and O–H groups in total. The number of halogens is 2. The van der Waals surface area contributed by atoms with Gasteiger partial charge < -0.3 is 9.47 Å². The monoisotopic (exact) mass is 716 g/mol. The summed E-state index contributed by atoms with van der Waals surface area (Å²) in [6.07, 6.45) is 1.33. The van der Waals surface area contributed by atoms with E-state index in [9.17, 15) is 26.4 Å². The summed E-state index contributed by atoms with van der Waals surface area (Å²) in [6, 6.07) is 9.46. The Morgan fingerprint density at radius 3 is 1.87 bits per heavy atom. The number of carbonyl (C=O) groups is 2. The number of aliphatic imine (C=N–C) groups is 1. The Hall–Kier alpha value is -4.92. The van der Waals surface area contributed by atoms with Gasteiger partial charge in [0.2, 0.25) is 11.8 Å². The van der Waals surface area contributed by atoms with Crippen molar-refractivity contribution in [1.82, 2.24) is 40.4 Å². The van der Waals surface area contributed by atoms with E-state index < -0.39 is 32.1 Å². The van der Waals surface area contributed by atoms with E-state index in [1.165, 1.54) is 56.8 Å². The molecule has 0 saturated heterocycles. The Morgan fingerprint density at radius 2 is 1.35 bits per heavy atom. The second-order valence-electron chi connectivity index (χ2n) is 8.51. The highest BCUT2D eigenvalue weighted by Crippen LogP contribution is 2.21.